The molecule has 1 aliphatic carbocycles. The van der Waals surface area contributed by atoms with Crippen molar-refractivity contribution in [3.05, 3.63) is 17.0 Å². The van der Waals surface area contributed by atoms with Crippen molar-refractivity contribution in [3.8, 4) is 0 Å². The summed E-state index contributed by atoms with van der Waals surface area (Å²) >= 11 is 0. The van der Waals surface area contributed by atoms with Gasteiger partial charge in [0.2, 0.25) is 0 Å². The zero-order valence-electron chi connectivity index (χ0n) is 9.72. The molecule has 1 aromatic rings. The van der Waals surface area contributed by atoms with E-state index in [-0.39, 0.29) is 5.41 Å². The summed E-state index contributed by atoms with van der Waals surface area (Å²) in [5.74, 6) is 2.08. The number of hydrogen-bond acceptors (Lipinski definition) is 2. The van der Waals surface area contributed by atoms with Gasteiger partial charge in [0.25, 0.3) is 0 Å². The van der Waals surface area contributed by atoms with E-state index in [9.17, 15) is 0 Å². The van der Waals surface area contributed by atoms with Crippen LogP contribution in [0.5, 0.6) is 0 Å². The van der Waals surface area contributed by atoms with Gasteiger partial charge in [-0.1, -0.05) is 39.8 Å². The van der Waals surface area contributed by atoms with Crippen LogP contribution < -0.4 is 0 Å². The van der Waals surface area contributed by atoms with E-state index in [1.54, 1.807) is 0 Å². The number of hydrogen-bond donors (Lipinski definition) is 0. The van der Waals surface area contributed by atoms with Crippen molar-refractivity contribution in [2.45, 2.75) is 58.3 Å². The van der Waals surface area contributed by atoms with Gasteiger partial charge in [-0.3, -0.25) is 0 Å². The number of aromatic nitrogens is 1. The van der Waals surface area contributed by atoms with Gasteiger partial charge in [0, 0.05) is 17.4 Å². The summed E-state index contributed by atoms with van der Waals surface area (Å²) < 4.78 is 5.46. The van der Waals surface area contributed by atoms with Gasteiger partial charge in [-0.15, -0.1) is 0 Å². The van der Waals surface area contributed by atoms with Crippen LogP contribution in [-0.4, -0.2) is 5.16 Å². The Bertz CT molecular complexity index is 349. The molecule has 0 unspecified atom stereocenters. The van der Waals surface area contributed by atoms with Crippen LogP contribution in [0.2, 0.25) is 0 Å². The fourth-order valence-corrected chi connectivity index (χ4v) is 2.69. The van der Waals surface area contributed by atoms with Gasteiger partial charge in [0.15, 0.2) is 0 Å². The SMILES string of the molecule is CC(C)c1onc2c1C(C)(C)C[C@@H]2C. The minimum atomic E-state index is 0.244. The Hall–Kier alpha value is -0.790. The van der Waals surface area contributed by atoms with Crippen molar-refractivity contribution in [2.75, 3.05) is 0 Å². The van der Waals surface area contributed by atoms with Crippen LogP contribution in [0.1, 0.15) is 69.9 Å². The lowest BCUT2D eigenvalue weighted by atomic mass is 9.84. The minimum Gasteiger partial charge on any atom is -0.361 e. The lowest BCUT2D eigenvalue weighted by molar-refractivity contribution is 0.342. The van der Waals surface area contributed by atoms with Crippen LogP contribution in [0.15, 0.2) is 4.52 Å². The third-order valence-corrected chi connectivity index (χ3v) is 3.23. The molecule has 0 fully saturated rings. The first-order valence-electron chi connectivity index (χ1n) is 5.43. The van der Waals surface area contributed by atoms with Crippen LogP contribution >= 0.6 is 0 Å². The lowest BCUT2D eigenvalue weighted by Gasteiger charge is -2.19. The van der Waals surface area contributed by atoms with E-state index in [1.807, 2.05) is 0 Å². The molecule has 2 heteroatoms. The van der Waals surface area contributed by atoms with Crippen LogP contribution in [-0.2, 0) is 5.41 Å². The van der Waals surface area contributed by atoms with Crippen LogP contribution in [0.4, 0.5) is 0 Å². The van der Waals surface area contributed by atoms with Crippen LogP contribution in [0.25, 0.3) is 0 Å². The fourth-order valence-electron chi connectivity index (χ4n) is 2.69. The molecule has 0 amide bonds. The van der Waals surface area contributed by atoms with Crippen LogP contribution in [0, 0.1) is 0 Å². The summed E-state index contributed by atoms with van der Waals surface area (Å²) in [6.45, 7) is 11.1. The Morgan fingerprint density at radius 3 is 2.64 bits per heavy atom. The average Bonchev–Trinajstić information content (AvgIpc) is 2.53. The normalized spacial score (nSPS) is 24.3. The molecule has 0 spiro atoms. The minimum absolute atomic E-state index is 0.244. The molecule has 0 bridgehead atoms. The monoisotopic (exact) mass is 193 g/mol. The second kappa shape index (κ2) is 2.85. The Morgan fingerprint density at radius 1 is 1.43 bits per heavy atom. The summed E-state index contributed by atoms with van der Waals surface area (Å²) in [5, 5.41) is 4.22. The van der Waals surface area contributed by atoms with Gasteiger partial charge < -0.3 is 4.52 Å². The van der Waals surface area contributed by atoms with Gasteiger partial charge in [0.1, 0.15) is 5.76 Å². The predicted molar refractivity (Wildman–Crippen MR) is 56.7 cm³/mol. The first kappa shape index (κ1) is 9.75. The smallest absolute Gasteiger partial charge is 0.143 e. The Balaban J connectivity index is 2.56. The van der Waals surface area contributed by atoms with Crippen molar-refractivity contribution in [3.63, 3.8) is 0 Å². The number of fused-ring (bicyclic) bond motifs is 1. The fraction of sp³-hybridized carbons (Fsp3) is 0.750. The molecule has 1 aromatic heterocycles. The number of rotatable bonds is 1. The average molecular weight is 193 g/mol. The zero-order valence-corrected chi connectivity index (χ0v) is 9.72. The van der Waals surface area contributed by atoms with E-state index >= 15 is 0 Å². The second-order valence-electron chi connectivity index (χ2n) is 5.45. The highest BCUT2D eigenvalue weighted by molar-refractivity contribution is 5.39. The largest absolute Gasteiger partial charge is 0.361 e. The van der Waals surface area contributed by atoms with Crippen molar-refractivity contribution in [2.24, 2.45) is 0 Å². The van der Waals surface area contributed by atoms with E-state index < -0.39 is 0 Å². The molecule has 1 heterocycles. The maximum Gasteiger partial charge on any atom is 0.143 e. The Kier molecular flexibility index (Phi) is 1.98. The maximum absolute atomic E-state index is 5.46. The maximum atomic E-state index is 5.46. The zero-order chi connectivity index (χ0) is 10.5. The molecule has 0 radical (unpaired) electrons. The summed E-state index contributed by atoms with van der Waals surface area (Å²) in [7, 11) is 0. The number of nitrogens with zero attached hydrogens (tertiary/aromatic N) is 1. The van der Waals surface area contributed by atoms with E-state index in [4.69, 9.17) is 4.52 Å². The van der Waals surface area contributed by atoms with Gasteiger partial charge in [-0.25, -0.2) is 0 Å². The Morgan fingerprint density at radius 2 is 2.07 bits per heavy atom. The summed E-state index contributed by atoms with van der Waals surface area (Å²) in [6.07, 6.45) is 1.20. The second-order valence-corrected chi connectivity index (χ2v) is 5.45. The molecule has 2 rings (SSSR count). The third kappa shape index (κ3) is 1.20. The van der Waals surface area contributed by atoms with Crippen LogP contribution in [0.3, 0.4) is 0 Å². The molecule has 78 valence electrons. The summed E-state index contributed by atoms with van der Waals surface area (Å²) in [5.41, 5.74) is 2.81. The molecule has 2 nitrogen and oxygen atoms in total. The molecule has 0 N–H and O–H groups in total. The third-order valence-electron chi connectivity index (χ3n) is 3.23. The van der Waals surface area contributed by atoms with Gasteiger partial charge in [-0.05, 0) is 11.8 Å². The van der Waals surface area contributed by atoms with Gasteiger partial charge >= 0.3 is 0 Å². The molecule has 0 aromatic carbocycles. The quantitative estimate of drug-likeness (QED) is 0.681. The highest BCUT2D eigenvalue weighted by atomic mass is 16.5. The predicted octanol–water partition coefficient (Wildman–Crippen LogP) is 3.58. The molecular formula is C12H19NO. The molecule has 14 heavy (non-hydrogen) atoms. The molecule has 0 saturated heterocycles. The van der Waals surface area contributed by atoms with Crippen molar-refractivity contribution in [1.82, 2.24) is 5.16 Å². The molecular weight excluding hydrogens is 174 g/mol. The molecule has 1 atom stereocenters. The van der Waals surface area contributed by atoms with Crippen molar-refractivity contribution in [1.29, 1.82) is 0 Å². The van der Waals surface area contributed by atoms with Crippen molar-refractivity contribution < 1.29 is 4.52 Å². The van der Waals surface area contributed by atoms with E-state index in [2.05, 4.69) is 39.8 Å². The Labute approximate surface area is 85.7 Å². The van der Waals surface area contributed by atoms with E-state index in [0.717, 1.165) is 5.76 Å². The molecule has 0 saturated carbocycles. The summed E-state index contributed by atoms with van der Waals surface area (Å²) in [4.78, 5) is 0. The summed E-state index contributed by atoms with van der Waals surface area (Å²) in [6, 6.07) is 0. The van der Waals surface area contributed by atoms with Gasteiger partial charge in [0.05, 0.1) is 5.69 Å². The highest BCUT2D eigenvalue weighted by Crippen LogP contribution is 2.48. The first-order valence-corrected chi connectivity index (χ1v) is 5.43. The standard InChI is InChI=1S/C12H19NO/c1-7(2)11-9-10(13-14-11)8(3)6-12(9,4)5/h7-8H,6H2,1-5H3/t8-/m0/s1. The highest BCUT2D eigenvalue weighted by Gasteiger charge is 2.41. The van der Waals surface area contributed by atoms with E-state index in [1.165, 1.54) is 17.7 Å². The van der Waals surface area contributed by atoms with E-state index in [0.29, 0.717) is 11.8 Å². The molecule has 1 aliphatic rings. The van der Waals surface area contributed by atoms with Crippen molar-refractivity contribution >= 4 is 0 Å². The first-order chi connectivity index (χ1) is 6.43. The topological polar surface area (TPSA) is 26.0 Å². The van der Waals surface area contributed by atoms with Gasteiger partial charge in [-0.2, -0.15) is 0 Å². The lowest BCUT2D eigenvalue weighted by Crippen LogP contribution is -2.14. The molecule has 0 aliphatic heterocycles.